The highest BCUT2D eigenvalue weighted by Crippen LogP contribution is 2.45. The van der Waals surface area contributed by atoms with Gasteiger partial charge in [0.25, 0.3) is 0 Å². The molecule has 2 heterocycles. The first-order chi connectivity index (χ1) is 16.1. The van der Waals surface area contributed by atoms with Crippen molar-refractivity contribution >= 4 is 29.3 Å². The van der Waals surface area contributed by atoms with Crippen molar-refractivity contribution in [2.75, 3.05) is 6.54 Å². The molecule has 0 N–H and O–H groups in total. The number of rotatable bonds is 4. The van der Waals surface area contributed by atoms with E-state index < -0.39 is 29.0 Å². The van der Waals surface area contributed by atoms with Gasteiger partial charge in [0.1, 0.15) is 0 Å². The van der Waals surface area contributed by atoms with Gasteiger partial charge in [-0.1, -0.05) is 41.9 Å². The molecule has 2 fully saturated rings. The minimum atomic E-state index is -4.61. The Morgan fingerprint density at radius 3 is 2.56 bits per heavy atom. The van der Waals surface area contributed by atoms with Crippen molar-refractivity contribution in [3.63, 3.8) is 0 Å². The van der Waals surface area contributed by atoms with E-state index in [0.717, 1.165) is 23.3 Å². The van der Waals surface area contributed by atoms with E-state index in [1.807, 2.05) is 6.07 Å². The first-order valence-electron chi connectivity index (χ1n) is 11.2. The highest BCUT2D eigenvalue weighted by atomic mass is 35.5. The van der Waals surface area contributed by atoms with Crippen LogP contribution in [0.25, 0.3) is 0 Å². The minimum Gasteiger partial charge on any atom is -0.338 e. The molecular weight excluding hydrogens is 469 g/mol. The number of nitrogens with zero attached hydrogens (tertiary/aromatic N) is 2. The number of imide groups is 1. The first kappa shape index (κ1) is 22.9. The molecule has 2 aromatic carbocycles. The summed E-state index contributed by atoms with van der Waals surface area (Å²) in [6.45, 7) is 0.671. The number of alkyl halides is 3. The lowest BCUT2D eigenvalue weighted by Gasteiger charge is -2.33. The van der Waals surface area contributed by atoms with Gasteiger partial charge >= 0.3 is 6.18 Å². The van der Waals surface area contributed by atoms with Crippen LogP contribution in [0, 0.1) is 0 Å². The van der Waals surface area contributed by atoms with Crippen molar-refractivity contribution in [1.82, 2.24) is 9.80 Å². The number of hydrogen-bond acceptors (Lipinski definition) is 3. The summed E-state index contributed by atoms with van der Waals surface area (Å²) >= 11 is 6.26. The van der Waals surface area contributed by atoms with Gasteiger partial charge in [-0.2, -0.15) is 13.2 Å². The summed E-state index contributed by atoms with van der Waals surface area (Å²) in [6, 6.07) is 9.69. The second-order valence-electron chi connectivity index (χ2n) is 9.26. The molecule has 1 saturated heterocycles. The van der Waals surface area contributed by atoms with Crippen molar-refractivity contribution in [3.05, 3.63) is 69.7 Å². The van der Waals surface area contributed by atoms with Crippen LogP contribution in [0.15, 0.2) is 42.5 Å². The van der Waals surface area contributed by atoms with Crippen molar-refractivity contribution in [1.29, 1.82) is 0 Å². The van der Waals surface area contributed by atoms with Crippen LogP contribution in [-0.4, -0.2) is 40.1 Å². The third-order valence-electron chi connectivity index (χ3n) is 7.02. The molecule has 3 aliphatic rings. The molecule has 0 bridgehead atoms. The van der Waals surface area contributed by atoms with E-state index in [-0.39, 0.29) is 30.4 Å². The Kier molecular flexibility index (Phi) is 5.47. The van der Waals surface area contributed by atoms with E-state index in [2.05, 4.69) is 0 Å². The Bertz CT molecular complexity index is 1190. The SMILES string of the molecule is O=C(CC1(c2cccc(C(F)(F)F)c2)CC(=O)N(C2CC2)C1=O)N1CCc2c(Cl)cccc2C1. The maximum atomic E-state index is 13.6. The molecule has 1 atom stereocenters. The molecule has 0 spiro atoms. The summed E-state index contributed by atoms with van der Waals surface area (Å²) in [6.07, 6.45) is -3.40. The normalized spacial score (nSPS) is 22.8. The quantitative estimate of drug-likeness (QED) is 0.593. The molecule has 178 valence electrons. The van der Waals surface area contributed by atoms with Crippen LogP contribution in [-0.2, 0) is 38.9 Å². The van der Waals surface area contributed by atoms with E-state index in [0.29, 0.717) is 37.4 Å². The third-order valence-corrected chi connectivity index (χ3v) is 7.37. The topological polar surface area (TPSA) is 57.7 Å². The summed E-state index contributed by atoms with van der Waals surface area (Å²) in [5.74, 6) is -1.39. The maximum absolute atomic E-state index is 13.6. The van der Waals surface area contributed by atoms with Gasteiger partial charge in [0.05, 0.1) is 11.0 Å². The summed E-state index contributed by atoms with van der Waals surface area (Å²) in [4.78, 5) is 42.6. The Labute approximate surface area is 199 Å². The molecule has 2 aliphatic heterocycles. The van der Waals surface area contributed by atoms with Gasteiger partial charge in [-0.05, 0) is 48.1 Å². The van der Waals surface area contributed by atoms with E-state index in [9.17, 15) is 27.6 Å². The zero-order valence-corrected chi connectivity index (χ0v) is 19.0. The number of fused-ring (bicyclic) bond motifs is 1. The average molecular weight is 491 g/mol. The predicted octanol–water partition coefficient (Wildman–Crippen LogP) is 4.49. The number of halogens is 4. The Morgan fingerprint density at radius 1 is 1.12 bits per heavy atom. The zero-order chi connectivity index (χ0) is 24.3. The largest absolute Gasteiger partial charge is 0.416 e. The fourth-order valence-electron chi connectivity index (χ4n) is 5.07. The van der Waals surface area contributed by atoms with Crippen molar-refractivity contribution in [3.8, 4) is 0 Å². The monoisotopic (exact) mass is 490 g/mol. The van der Waals surface area contributed by atoms with Crippen molar-refractivity contribution in [2.24, 2.45) is 0 Å². The molecular formula is C25H22ClF3N2O3. The van der Waals surface area contributed by atoms with Crippen LogP contribution in [0.4, 0.5) is 13.2 Å². The van der Waals surface area contributed by atoms with Crippen molar-refractivity contribution in [2.45, 2.75) is 56.3 Å². The lowest BCUT2D eigenvalue weighted by molar-refractivity contribution is -0.143. The smallest absolute Gasteiger partial charge is 0.338 e. The van der Waals surface area contributed by atoms with Gasteiger partial charge in [-0.3, -0.25) is 19.3 Å². The summed E-state index contributed by atoms with van der Waals surface area (Å²) < 4.78 is 40.3. The van der Waals surface area contributed by atoms with E-state index in [1.165, 1.54) is 17.0 Å². The van der Waals surface area contributed by atoms with E-state index in [4.69, 9.17) is 11.6 Å². The second-order valence-corrected chi connectivity index (χ2v) is 9.66. The van der Waals surface area contributed by atoms with Gasteiger partial charge in [0, 0.05) is 37.0 Å². The zero-order valence-electron chi connectivity index (χ0n) is 18.2. The van der Waals surface area contributed by atoms with Crippen LogP contribution in [0.1, 0.15) is 47.9 Å². The Morgan fingerprint density at radius 2 is 1.85 bits per heavy atom. The Hall–Kier alpha value is -2.87. The molecule has 1 saturated carbocycles. The number of benzene rings is 2. The predicted molar refractivity (Wildman–Crippen MR) is 118 cm³/mol. The van der Waals surface area contributed by atoms with Crippen LogP contribution < -0.4 is 0 Å². The van der Waals surface area contributed by atoms with Gasteiger partial charge in [0.2, 0.25) is 17.7 Å². The van der Waals surface area contributed by atoms with Crippen LogP contribution >= 0.6 is 11.6 Å². The number of amides is 3. The van der Waals surface area contributed by atoms with Crippen LogP contribution in [0.3, 0.4) is 0 Å². The molecule has 2 aromatic rings. The Balaban J connectivity index is 1.50. The molecule has 5 rings (SSSR count). The maximum Gasteiger partial charge on any atom is 0.416 e. The van der Waals surface area contributed by atoms with E-state index >= 15 is 0 Å². The highest BCUT2D eigenvalue weighted by Gasteiger charge is 2.57. The molecule has 9 heteroatoms. The second kappa shape index (κ2) is 8.12. The van der Waals surface area contributed by atoms with Gasteiger partial charge < -0.3 is 4.90 Å². The van der Waals surface area contributed by atoms with Gasteiger partial charge in [0.15, 0.2) is 0 Å². The highest BCUT2D eigenvalue weighted by molar-refractivity contribution is 6.31. The van der Waals surface area contributed by atoms with E-state index in [1.54, 1.807) is 17.0 Å². The minimum absolute atomic E-state index is 0.0534. The number of carbonyl (C=O) groups is 3. The standard InChI is InChI=1S/C25H22ClF3N2O3/c26-20-6-1-3-15-14-30(10-9-19(15)20)21(32)12-24(13-22(33)31(23(24)34)18-7-8-18)16-4-2-5-17(11-16)25(27,28)29/h1-6,11,18H,7-10,12-14H2. The molecule has 1 aliphatic carbocycles. The van der Waals surface area contributed by atoms with Gasteiger partial charge in [-0.15, -0.1) is 0 Å². The van der Waals surface area contributed by atoms with Crippen LogP contribution in [0.2, 0.25) is 5.02 Å². The third kappa shape index (κ3) is 3.87. The van der Waals surface area contributed by atoms with Crippen molar-refractivity contribution < 1.29 is 27.6 Å². The summed E-state index contributed by atoms with van der Waals surface area (Å²) in [7, 11) is 0. The lowest BCUT2D eigenvalue weighted by atomic mass is 9.75. The molecule has 0 aromatic heterocycles. The van der Waals surface area contributed by atoms with Gasteiger partial charge in [-0.25, -0.2) is 0 Å². The average Bonchev–Trinajstić information content (AvgIpc) is 3.59. The summed E-state index contributed by atoms with van der Waals surface area (Å²) in [5.41, 5.74) is -0.644. The first-order valence-corrected chi connectivity index (χ1v) is 11.6. The fraction of sp³-hybridized carbons (Fsp3) is 0.400. The molecule has 1 unspecified atom stereocenters. The summed E-state index contributed by atoms with van der Waals surface area (Å²) in [5, 5.41) is 0.627. The molecule has 34 heavy (non-hydrogen) atoms. The number of hydrogen-bond donors (Lipinski definition) is 0. The molecule has 5 nitrogen and oxygen atoms in total. The molecule has 3 amide bonds. The fourth-order valence-corrected chi connectivity index (χ4v) is 5.36. The number of likely N-dealkylation sites (tertiary alicyclic amines) is 1. The number of carbonyl (C=O) groups excluding carboxylic acids is 3. The molecule has 0 radical (unpaired) electrons. The lowest BCUT2D eigenvalue weighted by Crippen LogP contribution is -2.45. The van der Waals surface area contributed by atoms with Crippen LogP contribution in [0.5, 0.6) is 0 Å².